The molecule has 0 amide bonds. The molecule has 0 saturated heterocycles. The predicted molar refractivity (Wildman–Crippen MR) is 76.7 cm³/mol. The summed E-state index contributed by atoms with van der Waals surface area (Å²) >= 11 is 1.46. The highest BCUT2D eigenvalue weighted by Crippen LogP contribution is 2.21. The van der Waals surface area contributed by atoms with Gasteiger partial charge in [0.15, 0.2) is 0 Å². The van der Waals surface area contributed by atoms with Crippen LogP contribution in [0.4, 0.5) is 0 Å². The molecule has 0 saturated carbocycles. The van der Waals surface area contributed by atoms with Gasteiger partial charge in [-0.2, -0.15) is 0 Å². The molecular weight excluding hydrogens is 258 g/mol. The summed E-state index contributed by atoms with van der Waals surface area (Å²) in [5.74, 6) is 0. The maximum absolute atomic E-state index is 12.5. The van der Waals surface area contributed by atoms with Crippen molar-refractivity contribution in [3.05, 3.63) is 57.7 Å². The fraction of sp³-hybridized carbons (Fsp3) is 0.214. The van der Waals surface area contributed by atoms with Gasteiger partial charge in [0, 0.05) is 12.4 Å². The standard InChI is InChI=1S/C14H13N3OS/c1-9-7-19-13-12(9)16-8-17(14(13)18)10(2)11-4-3-5-15-6-11/h3-8,10H,1-2H3. The summed E-state index contributed by atoms with van der Waals surface area (Å²) in [5.41, 5.74) is 2.88. The van der Waals surface area contributed by atoms with Crippen LogP contribution in [-0.2, 0) is 0 Å². The van der Waals surface area contributed by atoms with Gasteiger partial charge in [-0.1, -0.05) is 6.07 Å². The SMILES string of the molecule is Cc1csc2c(=O)n(C(C)c3cccnc3)cnc12. The Balaban J connectivity index is 2.16. The first-order valence-corrected chi connectivity index (χ1v) is 6.91. The Hall–Kier alpha value is -2.01. The van der Waals surface area contributed by atoms with Crippen LogP contribution >= 0.6 is 11.3 Å². The number of aromatic nitrogens is 3. The molecule has 4 nitrogen and oxygen atoms in total. The number of pyridine rings is 1. The van der Waals surface area contributed by atoms with Crippen molar-refractivity contribution in [1.29, 1.82) is 0 Å². The zero-order valence-electron chi connectivity index (χ0n) is 10.7. The smallest absolute Gasteiger partial charge is 0.271 e. The monoisotopic (exact) mass is 271 g/mol. The van der Waals surface area contributed by atoms with E-state index in [0.29, 0.717) is 0 Å². The normalized spacial score (nSPS) is 12.7. The average Bonchev–Trinajstić information content (AvgIpc) is 2.82. The van der Waals surface area contributed by atoms with Crippen LogP contribution in [0.2, 0.25) is 0 Å². The third kappa shape index (κ3) is 1.96. The highest BCUT2D eigenvalue weighted by molar-refractivity contribution is 7.17. The first-order chi connectivity index (χ1) is 9.18. The molecule has 0 aliphatic carbocycles. The summed E-state index contributed by atoms with van der Waals surface area (Å²) < 4.78 is 2.38. The van der Waals surface area contributed by atoms with Crippen LogP contribution in [0.25, 0.3) is 10.2 Å². The molecule has 0 aliphatic rings. The molecule has 96 valence electrons. The van der Waals surface area contributed by atoms with Crippen molar-refractivity contribution >= 4 is 21.6 Å². The molecule has 3 heterocycles. The minimum absolute atomic E-state index is 0.0134. The predicted octanol–water partition coefficient (Wildman–Crippen LogP) is 2.77. The van der Waals surface area contributed by atoms with Gasteiger partial charge in [-0.25, -0.2) is 4.98 Å². The number of nitrogens with zero attached hydrogens (tertiary/aromatic N) is 3. The maximum atomic E-state index is 12.5. The quantitative estimate of drug-likeness (QED) is 0.720. The molecule has 0 aliphatic heterocycles. The van der Waals surface area contributed by atoms with Gasteiger partial charge in [-0.05, 0) is 36.4 Å². The number of hydrogen-bond acceptors (Lipinski definition) is 4. The first-order valence-electron chi connectivity index (χ1n) is 6.03. The van der Waals surface area contributed by atoms with Crippen molar-refractivity contribution in [3.63, 3.8) is 0 Å². The fourth-order valence-electron chi connectivity index (χ4n) is 2.10. The maximum Gasteiger partial charge on any atom is 0.271 e. The highest BCUT2D eigenvalue weighted by Gasteiger charge is 2.13. The largest absolute Gasteiger partial charge is 0.291 e. The number of fused-ring (bicyclic) bond motifs is 1. The van der Waals surface area contributed by atoms with Crippen LogP contribution < -0.4 is 5.56 Å². The molecule has 0 N–H and O–H groups in total. The fourth-order valence-corrected chi connectivity index (χ4v) is 3.04. The van der Waals surface area contributed by atoms with Crippen molar-refractivity contribution in [2.75, 3.05) is 0 Å². The van der Waals surface area contributed by atoms with E-state index in [4.69, 9.17) is 0 Å². The van der Waals surface area contributed by atoms with Crippen molar-refractivity contribution in [2.24, 2.45) is 0 Å². The molecule has 0 bridgehead atoms. The van der Waals surface area contributed by atoms with Crippen LogP contribution in [0, 0.1) is 6.92 Å². The molecule has 3 aromatic heterocycles. The van der Waals surface area contributed by atoms with Gasteiger partial charge in [0.05, 0.1) is 17.9 Å². The Morgan fingerprint density at radius 1 is 1.42 bits per heavy atom. The summed E-state index contributed by atoms with van der Waals surface area (Å²) in [6.07, 6.45) is 5.13. The molecule has 0 fully saturated rings. The lowest BCUT2D eigenvalue weighted by atomic mass is 10.1. The number of thiophene rings is 1. The van der Waals surface area contributed by atoms with Gasteiger partial charge in [0.25, 0.3) is 5.56 Å². The zero-order valence-corrected chi connectivity index (χ0v) is 11.5. The van der Waals surface area contributed by atoms with Crippen LogP contribution in [-0.4, -0.2) is 14.5 Å². The Bertz CT molecular complexity index is 776. The summed E-state index contributed by atoms with van der Waals surface area (Å²) in [7, 11) is 0. The van der Waals surface area contributed by atoms with E-state index in [1.54, 1.807) is 23.3 Å². The van der Waals surface area contributed by atoms with E-state index in [9.17, 15) is 4.79 Å². The van der Waals surface area contributed by atoms with Gasteiger partial charge in [-0.15, -0.1) is 11.3 Å². The Morgan fingerprint density at radius 2 is 2.26 bits per heavy atom. The lowest BCUT2D eigenvalue weighted by Crippen LogP contribution is -2.23. The molecule has 5 heteroatoms. The Kier molecular flexibility index (Phi) is 2.91. The number of aryl methyl sites for hydroxylation is 1. The van der Waals surface area contributed by atoms with Crippen LogP contribution in [0.15, 0.2) is 41.0 Å². The van der Waals surface area contributed by atoms with E-state index in [2.05, 4.69) is 9.97 Å². The van der Waals surface area contributed by atoms with Gasteiger partial charge < -0.3 is 0 Å². The van der Waals surface area contributed by atoms with Crippen molar-refractivity contribution < 1.29 is 0 Å². The highest BCUT2D eigenvalue weighted by atomic mass is 32.1. The zero-order chi connectivity index (χ0) is 13.4. The molecule has 1 unspecified atom stereocenters. The van der Waals surface area contributed by atoms with E-state index >= 15 is 0 Å². The van der Waals surface area contributed by atoms with E-state index in [1.165, 1.54) is 11.3 Å². The second kappa shape index (κ2) is 4.59. The van der Waals surface area contributed by atoms with Crippen LogP contribution in [0.1, 0.15) is 24.1 Å². The Morgan fingerprint density at radius 3 is 3.00 bits per heavy atom. The molecule has 19 heavy (non-hydrogen) atoms. The minimum atomic E-state index is -0.0690. The molecular formula is C14H13N3OS. The summed E-state index contributed by atoms with van der Waals surface area (Å²) in [6.45, 7) is 3.95. The van der Waals surface area contributed by atoms with E-state index < -0.39 is 0 Å². The third-order valence-electron chi connectivity index (χ3n) is 3.27. The topological polar surface area (TPSA) is 47.8 Å². The van der Waals surface area contributed by atoms with Gasteiger partial charge in [-0.3, -0.25) is 14.3 Å². The first kappa shape index (κ1) is 12.0. The minimum Gasteiger partial charge on any atom is -0.291 e. The van der Waals surface area contributed by atoms with Crippen molar-refractivity contribution in [2.45, 2.75) is 19.9 Å². The Labute approximate surface area is 114 Å². The van der Waals surface area contributed by atoms with Gasteiger partial charge in [0.2, 0.25) is 0 Å². The summed E-state index contributed by atoms with van der Waals surface area (Å²) in [4.78, 5) is 21.0. The van der Waals surface area contributed by atoms with E-state index in [-0.39, 0.29) is 11.6 Å². The second-order valence-corrected chi connectivity index (χ2v) is 5.40. The van der Waals surface area contributed by atoms with Crippen molar-refractivity contribution in [1.82, 2.24) is 14.5 Å². The third-order valence-corrected chi connectivity index (χ3v) is 4.34. The molecule has 3 aromatic rings. The lowest BCUT2D eigenvalue weighted by molar-refractivity contribution is 0.607. The molecule has 0 spiro atoms. The number of hydrogen-bond donors (Lipinski definition) is 0. The van der Waals surface area contributed by atoms with Gasteiger partial charge in [0.1, 0.15) is 4.70 Å². The average molecular weight is 271 g/mol. The lowest BCUT2D eigenvalue weighted by Gasteiger charge is -2.14. The van der Waals surface area contributed by atoms with Crippen LogP contribution in [0.5, 0.6) is 0 Å². The van der Waals surface area contributed by atoms with Gasteiger partial charge >= 0.3 is 0 Å². The molecule has 0 radical (unpaired) electrons. The molecule has 1 atom stereocenters. The molecule has 3 rings (SSSR count). The van der Waals surface area contributed by atoms with Crippen LogP contribution in [0.3, 0.4) is 0 Å². The second-order valence-electron chi connectivity index (χ2n) is 4.52. The van der Waals surface area contributed by atoms with E-state index in [0.717, 1.165) is 21.3 Å². The van der Waals surface area contributed by atoms with E-state index in [1.807, 2.05) is 31.4 Å². The number of rotatable bonds is 2. The summed E-state index contributed by atoms with van der Waals surface area (Å²) in [6, 6.07) is 3.77. The summed E-state index contributed by atoms with van der Waals surface area (Å²) in [5, 5.41) is 1.97. The molecule has 0 aromatic carbocycles. The van der Waals surface area contributed by atoms with Crippen molar-refractivity contribution in [3.8, 4) is 0 Å².